The van der Waals surface area contributed by atoms with Gasteiger partial charge in [0, 0.05) is 11.8 Å². The van der Waals surface area contributed by atoms with E-state index < -0.39 is 5.88 Å². The fourth-order valence-electron chi connectivity index (χ4n) is 1.37. The highest BCUT2D eigenvalue weighted by Gasteiger charge is 2.04. The number of hydrogen-bond donors (Lipinski definition) is 2. The monoisotopic (exact) mass is 212 g/mol. The van der Waals surface area contributed by atoms with Gasteiger partial charge >= 0.3 is 0 Å². The van der Waals surface area contributed by atoms with Crippen molar-refractivity contribution in [3.8, 4) is 28.8 Å². The van der Waals surface area contributed by atoms with Gasteiger partial charge in [-0.25, -0.2) is 4.98 Å². The lowest BCUT2D eigenvalue weighted by Crippen LogP contribution is -1.82. The van der Waals surface area contributed by atoms with Crippen LogP contribution in [-0.2, 0) is 0 Å². The summed E-state index contributed by atoms with van der Waals surface area (Å²) in [6, 6.07) is 10.4. The van der Waals surface area contributed by atoms with E-state index in [2.05, 4.69) is 4.98 Å². The molecule has 0 spiro atoms. The van der Waals surface area contributed by atoms with E-state index in [9.17, 15) is 5.11 Å². The van der Waals surface area contributed by atoms with Gasteiger partial charge in [-0.05, 0) is 23.8 Å². The average molecular weight is 212 g/mol. The Hall–Kier alpha value is -2.54. The fraction of sp³-hybridized carbons (Fsp3) is 0. The second-order valence-corrected chi connectivity index (χ2v) is 3.26. The van der Waals surface area contributed by atoms with E-state index in [1.54, 1.807) is 24.3 Å². The Balaban J connectivity index is 2.51. The minimum Gasteiger partial charge on any atom is -0.503 e. The van der Waals surface area contributed by atoms with E-state index >= 15 is 0 Å². The van der Waals surface area contributed by atoms with E-state index in [-0.39, 0.29) is 5.75 Å². The van der Waals surface area contributed by atoms with Crippen molar-refractivity contribution in [1.29, 1.82) is 5.26 Å². The molecule has 0 bridgehead atoms. The molecule has 0 aliphatic rings. The van der Waals surface area contributed by atoms with Crippen molar-refractivity contribution in [2.24, 2.45) is 0 Å². The van der Waals surface area contributed by atoms with Crippen molar-refractivity contribution in [3.05, 3.63) is 42.1 Å². The van der Waals surface area contributed by atoms with Crippen molar-refractivity contribution in [2.45, 2.75) is 0 Å². The maximum Gasteiger partial charge on any atom is 0.254 e. The molecule has 2 N–H and O–H groups in total. The molecule has 0 aliphatic carbocycles. The first-order valence-corrected chi connectivity index (χ1v) is 4.59. The Morgan fingerprint density at radius 3 is 2.62 bits per heavy atom. The van der Waals surface area contributed by atoms with Gasteiger partial charge in [-0.3, -0.25) is 0 Å². The highest BCUT2D eigenvalue weighted by atomic mass is 16.3. The Bertz CT molecular complexity index is 573. The molecule has 4 nitrogen and oxygen atoms in total. The molecular weight excluding hydrogens is 204 g/mol. The molecule has 0 saturated carbocycles. The fourth-order valence-corrected chi connectivity index (χ4v) is 1.37. The summed E-state index contributed by atoms with van der Waals surface area (Å²) in [7, 11) is 0. The maximum absolute atomic E-state index is 9.31. The molecule has 2 rings (SSSR count). The third-order valence-corrected chi connectivity index (χ3v) is 2.17. The summed E-state index contributed by atoms with van der Waals surface area (Å²) in [6.45, 7) is 0. The highest BCUT2D eigenvalue weighted by Crippen LogP contribution is 2.28. The topological polar surface area (TPSA) is 77.1 Å². The number of aromatic hydroxyl groups is 2. The molecule has 0 radical (unpaired) electrons. The van der Waals surface area contributed by atoms with Crippen LogP contribution in [-0.4, -0.2) is 15.2 Å². The van der Waals surface area contributed by atoms with Crippen LogP contribution < -0.4 is 0 Å². The molecule has 4 heteroatoms. The van der Waals surface area contributed by atoms with E-state index in [1.807, 2.05) is 6.07 Å². The molecule has 0 atom stereocenters. The smallest absolute Gasteiger partial charge is 0.254 e. The van der Waals surface area contributed by atoms with E-state index in [1.165, 1.54) is 12.3 Å². The van der Waals surface area contributed by atoms with Crippen LogP contribution >= 0.6 is 0 Å². The van der Waals surface area contributed by atoms with Crippen molar-refractivity contribution in [1.82, 2.24) is 4.98 Å². The normalized spacial score (nSPS) is 9.69. The summed E-state index contributed by atoms with van der Waals surface area (Å²) >= 11 is 0. The number of nitriles is 1. The predicted molar refractivity (Wildman–Crippen MR) is 57.7 cm³/mol. The third-order valence-electron chi connectivity index (χ3n) is 2.17. The Morgan fingerprint density at radius 2 is 1.94 bits per heavy atom. The molecule has 0 amide bonds. The molecule has 1 aromatic heterocycles. The van der Waals surface area contributed by atoms with E-state index in [0.717, 1.165) is 5.56 Å². The van der Waals surface area contributed by atoms with Gasteiger partial charge in [0.2, 0.25) is 0 Å². The zero-order valence-corrected chi connectivity index (χ0v) is 8.25. The summed E-state index contributed by atoms with van der Waals surface area (Å²) in [4.78, 5) is 3.63. The summed E-state index contributed by atoms with van der Waals surface area (Å²) in [5.41, 5.74) is 1.94. The molecule has 0 fully saturated rings. The van der Waals surface area contributed by atoms with Crippen LogP contribution in [0.2, 0.25) is 0 Å². The first-order chi connectivity index (χ1) is 7.70. The van der Waals surface area contributed by atoms with Gasteiger partial charge in [-0.15, -0.1) is 0 Å². The Kier molecular flexibility index (Phi) is 2.44. The standard InChI is InChI=1S/C12H8N2O2/c13-6-8-2-1-3-9(4-8)10-5-11(15)12(16)14-7-10/h1-5,7,15H,(H,14,16). The summed E-state index contributed by atoms with van der Waals surface area (Å²) in [5.74, 6) is -0.681. The van der Waals surface area contributed by atoms with Crippen LogP contribution in [0.3, 0.4) is 0 Å². The number of pyridine rings is 1. The number of aromatic nitrogens is 1. The lowest BCUT2D eigenvalue weighted by molar-refractivity contribution is 0.389. The first-order valence-electron chi connectivity index (χ1n) is 4.59. The molecule has 1 heterocycles. The number of rotatable bonds is 1. The van der Waals surface area contributed by atoms with E-state index in [0.29, 0.717) is 11.1 Å². The molecule has 16 heavy (non-hydrogen) atoms. The van der Waals surface area contributed by atoms with Crippen molar-refractivity contribution >= 4 is 0 Å². The minimum absolute atomic E-state index is 0.278. The van der Waals surface area contributed by atoms with Crippen LogP contribution in [0.4, 0.5) is 0 Å². The minimum atomic E-state index is -0.403. The zero-order valence-electron chi connectivity index (χ0n) is 8.25. The van der Waals surface area contributed by atoms with Crippen molar-refractivity contribution in [2.75, 3.05) is 0 Å². The van der Waals surface area contributed by atoms with Gasteiger partial charge in [0.1, 0.15) is 0 Å². The first kappa shape index (κ1) is 9.99. The van der Waals surface area contributed by atoms with Gasteiger partial charge in [0.25, 0.3) is 5.88 Å². The lowest BCUT2D eigenvalue weighted by atomic mass is 10.1. The second kappa shape index (κ2) is 3.91. The van der Waals surface area contributed by atoms with Crippen molar-refractivity contribution in [3.63, 3.8) is 0 Å². The summed E-state index contributed by atoms with van der Waals surface area (Å²) < 4.78 is 0. The molecule has 0 aliphatic heterocycles. The summed E-state index contributed by atoms with van der Waals surface area (Å²) in [6.07, 6.45) is 1.44. The van der Waals surface area contributed by atoms with Gasteiger partial charge < -0.3 is 10.2 Å². The highest BCUT2D eigenvalue weighted by molar-refractivity contribution is 5.66. The quantitative estimate of drug-likeness (QED) is 0.758. The van der Waals surface area contributed by atoms with Crippen LogP contribution in [0, 0.1) is 11.3 Å². The van der Waals surface area contributed by atoms with Gasteiger partial charge in [-0.2, -0.15) is 5.26 Å². The van der Waals surface area contributed by atoms with Gasteiger partial charge in [-0.1, -0.05) is 12.1 Å². The predicted octanol–water partition coefficient (Wildman–Crippen LogP) is 2.03. The van der Waals surface area contributed by atoms with Gasteiger partial charge in [0.05, 0.1) is 11.6 Å². The molecule has 0 saturated heterocycles. The van der Waals surface area contributed by atoms with Gasteiger partial charge in [0.15, 0.2) is 5.75 Å². The van der Waals surface area contributed by atoms with Crippen LogP contribution in [0.25, 0.3) is 11.1 Å². The van der Waals surface area contributed by atoms with Crippen LogP contribution in [0.15, 0.2) is 36.5 Å². The molecule has 0 unspecified atom stereocenters. The molecule has 78 valence electrons. The van der Waals surface area contributed by atoms with E-state index in [4.69, 9.17) is 10.4 Å². The number of hydrogen-bond acceptors (Lipinski definition) is 4. The molecule has 1 aromatic carbocycles. The Labute approximate surface area is 92.1 Å². The molecular formula is C12H8N2O2. The van der Waals surface area contributed by atoms with Crippen LogP contribution in [0.5, 0.6) is 11.6 Å². The number of nitrogens with zero attached hydrogens (tertiary/aromatic N) is 2. The average Bonchev–Trinajstić information content (AvgIpc) is 2.33. The lowest BCUT2D eigenvalue weighted by Gasteiger charge is -2.03. The Morgan fingerprint density at radius 1 is 1.12 bits per heavy atom. The number of benzene rings is 1. The largest absolute Gasteiger partial charge is 0.503 e. The molecule has 2 aromatic rings. The summed E-state index contributed by atoms with van der Waals surface area (Å²) in [5, 5.41) is 27.1. The van der Waals surface area contributed by atoms with Crippen LogP contribution in [0.1, 0.15) is 5.56 Å². The SMILES string of the molecule is N#Cc1cccc(-c2cnc(O)c(O)c2)c1. The maximum atomic E-state index is 9.31. The van der Waals surface area contributed by atoms with Crippen molar-refractivity contribution < 1.29 is 10.2 Å². The third kappa shape index (κ3) is 1.79. The second-order valence-electron chi connectivity index (χ2n) is 3.26. The zero-order chi connectivity index (χ0) is 11.5.